The van der Waals surface area contributed by atoms with Crippen LogP contribution in [0.25, 0.3) is 0 Å². The van der Waals surface area contributed by atoms with Crippen LogP contribution < -0.4 is 11.1 Å². The number of likely N-dealkylation sites (N-methyl/N-ethyl adjacent to an activating group) is 1. The third kappa shape index (κ3) is 3.66. The average Bonchev–Trinajstić information content (AvgIpc) is 2.30. The lowest BCUT2D eigenvalue weighted by molar-refractivity contribution is 0.261. The first-order chi connectivity index (χ1) is 7.65. The van der Waals surface area contributed by atoms with Crippen LogP contribution in [0.15, 0.2) is 12.5 Å². The third-order valence-electron chi connectivity index (χ3n) is 2.84. The van der Waals surface area contributed by atoms with Crippen LogP contribution in [-0.2, 0) is 0 Å². The van der Waals surface area contributed by atoms with E-state index in [1.807, 2.05) is 0 Å². The molecule has 5 heteroatoms. The number of anilines is 2. The molecule has 0 aliphatic rings. The minimum atomic E-state index is 0.591. The molecule has 5 nitrogen and oxygen atoms in total. The molecule has 1 heterocycles. The Morgan fingerprint density at radius 2 is 2.31 bits per heavy atom. The molecule has 1 aromatic rings. The molecule has 1 rings (SSSR count). The molecule has 0 saturated carbocycles. The first-order valence-corrected chi connectivity index (χ1v) is 5.64. The van der Waals surface area contributed by atoms with Gasteiger partial charge in [-0.1, -0.05) is 6.92 Å². The van der Waals surface area contributed by atoms with Gasteiger partial charge in [-0.05, 0) is 20.4 Å². The number of rotatable bonds is 6. The van der Waals surface area contributed by atoms with Crippen molar-refractivity contribution in [2.75, 3.05) is 31.2 Å². The maximum atomic E-state index is 5.72. The maximum absolute atomic E-state index is 5.72. The van der Waals surface area contributed by atoms with E-state index in [0.29, 0.717) is 17.5 Å². The number of hydrogen-bond acceptors (Lipinski definition) is 5. The third-order valence-corrected chi connectivity index (χ3v) is 2.84. The number of nitrogen functional groups attached to an aromatic ring is 1. The lowest BCUT2D eigenvalue weighted by Crippen LogP contribution is -2.32. The number of nitrogens with zero attached hydrogens (tertiary/aromatic N) is 3. The van der Waals surface area contributed by atoms with E-state index in [0.717, 1.165) is 19.5 Å². The van der Waals surface area contributed by atoms with Crippen LogP contribution >= 0.6 is 0 Å². The lowest BCUT2D eigenvalue weighted by Gasteiger charge is -2.23. The summed E-state index contributed by atoms with van der Waals surface area (Å²) >= 11 is 0. The summed E-state index contributed by atoms with van der Waals surface area (Å²) in [5.41, 5.74) is 6.31. The van der Waals surface area contributed by atoms with Crippen LogP contribution in [0.1, 0.15) is 20.3 Å². The Bertz CT molecular complexity index is 315. The summed E-state index contributed by atoms with van der Waals surface area (Å²) in [5.74, 6) is 0.715. The number of nitrogens with one attached hydrogen (secondary N) is 1. The first kappa shape index (κ1) is 12.7. The number of aromatic nitrogens is 2. The Morgan fingerprint density at radius 1 is 1.56 bits per heavy atom. The molecule has 90 valence electrons. The molecular weight excluding hydrogens is 202 g/mol. The zero-order chi connectivity index (χ0) is 12.0. The molecule has 3 N–H and O–H groups in total. The highest BCUT2D eigenvalue weighted by Crippen LogP contribution is 2.10. The van der Waals surface area contributed by atoms with Gasteiger partial charge < -0.3 is 16.0 Å². The van der Waals surface area contributed by atoms with E-state index in [4.69, 9.17) is 5.73 Å². The van der Waals surface area contributed by atoms with Crippen LogP contribution in [0.2, 0.25) is 0 Å². The van der Waals surface area contributed by atoms with Gasteiger partial charge >= 0.3 is 0 Å². The van der Waals surface area contributed by atoms with E-state index in [9.17, 15) is 0 Å². The molecule has 0 aliphatic heterocycles. The molecule has 1 aromatic heterocycles. The van der Waals surface area contributed by atoms with Crippen molar-refractivity contribution in [3.63, 3.8) is 0 Å². The molecule has 0 aliphatic carbocycles. The summed E-state index contributed by atoms with van der Waals surface area (Å²) in [7, 11) is 2.12. The molecule has 0 saturated heterocycles. The summed E-state index contributed by atoms with van der Waals surface area (Å²) in [5, 5.41) is 3.21. The first-order valence-electron chi connectivity index (χ1n) is 5.64. The highest BCUT2D eigenvalue weighted by atomic mass is 15.1. The Hall–Kier alpha value is -1.36. The Kier molecular flexibility index (Phi) is 4.98. The van der Waals surface area contributed by atoms with Crippen LogP contribution in [0.4, 0.5) is 11.5 Å². The maximum Gasteiger partial charge on any atom is 0.152 e. The van der Waals surface area contributed by atoms with Gasteiger partial charge in [0, 0.05) is 19.1 Å². The van der Waals surface area contributed by atoms with Crippen molar-refractivity contribution < 1.29 is 0 Å². The van der Waals surface area contributed by atoms with E-state index < -0.39 is 0 Å². The van der Waals surface area contributed by atoms with Crippen molar-refractivity contribution in [1.82, 2.24) is 14.9 Å². The Balaban J connectivity index is 2.33. The van der Waals surface area contributed by atoms with Crippen molar-refractivity contribution in [3.8, 4) is 0 Å². The summed E-state index contributed by atoms with van der Waals surface area (Å²) < 4.78 is 0. The van der Waals surface area contributed by atoms with Crippen LogP contribution in [-0.4, -0.2) is 41.0 Å². The van der Waals surface area contributed by atoms with Gasteiger partial charge in [0.05, 0.1) is 11.9 Å². The van der Waals surface area contributed by atoms with Gasteiger partial charge in [0.25, 0.3) is 0 Å². The smallest absolute Gasteiger partial charge is 0.152 e. The van der Waals surface area contributed by atoms with Gasteiger partial charge in [-0.15, -0.1) is 0 Å². The van der Waals surface area contributed by atoms with E-state index in [1.54, 1.807) is 6.20 Å². The van der Waals surface area contributed by atoms with Crippen molar-refractivity contribution in [3.05, 3.63) is 12.5 Å². The zero-order valence-corrected chi connectivity index (χ0v) is 10.3. The predicted octanol–water partition coefficient (Wildman–Crippen LogP) is 1.20. The van der Waals surface area contributed by atoms with Gasteiger partial charge in [0.15, 0.2) is 5.82 Å². The van der Waals surface area contributed by atoms with E-state index >= 15 is 0 Å². The topological polar surface area (TPSA) is 67.1 Å². The van der Waals surface area contributed by atoms with Gasteiger partial charge in [0.1, 0.15) is 6.33 Å². The van der Waals surface area contributed by atoms with Crippen molar-refractivity contribution in [2.45, 2.75) is 26.3 Å². The molecule has 1 atom stereocenters. The molecule has 0 spiro atoms. The Morgan fingerprint density at radius 3 is 2.94 bits per heavy atom. The molecule has 1 unspecified atom stereocenters. The van der Waals surface area contributed by atoms with E-state index in [1.165, 1.54) is 6.33 Å². The molecule has 0 aromatic carbocycles. The number of hydrogen-bond donors (Lipinski definition) is 2. The monoisotopic (exact) mass is 223 g/mol. The minimum absolute atomic E-state index is 0.591. The van der Waals surface area contributed by atoms with E-state index in [-0.39, 0.29) is 0 Å². The van der Waals surface area contributed by atoms with Gasteiger partial charge in [0.2, 0.25) is 0 Å². The van der Waals surface area contributed by atoms with Crippen LogP contribution in [0, 0.1) is 0 Å². The fourth-order valence-corrected chi connectivity index (χ4v) is 1.37. The largest absolute Gasteiger partial charge is 0.394 e. The zero-order valence-electron chi connectivity index (χ0n) is 10.3. The SMILES string of the molecule is CCC(C)N(C)CCNc1ncncc1N. The fraction of sp³-hybridized carbons (Fsp3) is 0.636. The molecule has 0 fully saturated rings. The summed E-state index contributed by atoms with van der Waals surface area (Å²) in [6, 6.07) is 0.601. The van der Waals surface area contributed by atoms with Gasteiger partial charge in [-0.2, -0.15) is 0 Å². The summed E-state index contributed by atoms with van der Waals surface area (Å²) in [6.07, 6.45) is 4.26. The summed E-state index contributed by atoms with van der Waals surface area (Å²) in [6.45, 7) is 6.22. The average molecular weight is 223 g/mol. The molecular formula is C11H21N5. The van der Waals surface area contributed by atoms with Crippen LogP contribution in [0.3, 0.4) is 0 Å². The second-order valence-electron chi connectivity index (χ2n) is 3.99. The van der Waals surface area contributed by atoms with Crippen molar-refractivity contribution in [2.24, 2.45) is 0 Å². The number of nitrogens with two attached hydrogens (primary N) is 1. The van der Waals surface area contributed by atoms with E-state index in [2.05, 4.69) is 41.1 Å². The predicted molar refractivity (Wildman–Crippen MR) is 67.3 cm³/mol. The molecule has 0 bridgehead atoms. The van der Waals surface area contributed by atoms with Gasteiger partial charge in [-0.3, -0.25) is 0 Å². The standard InChI is InChI=1S/C11H21N5/c1-4-9(2)16(3)6-5-14-11-10(12)7-13-8-15-11/h7-9H,4-6,12H2,1-3H3,(H,13,14,15). The highest BCUT2D eigenvalue weighted by molar-refractivity contribution is 5.58. The molecule has 16 heavy (non-hydrogen) atoms. The van der Waals surface area contributed by atoms with Crippen LogP contribution in [0.5, 0.6) is 0 Å². The lowest BCUT2D eigenvalue weighted by atomic mass is 10.2. The quantitative estimate of drug-likeness (QED) is 0.758. The fourth-order valence-electron chi connectivity index (χ4n) is 1.37. The highest BCUT2D eigenvalue weighted by Gasteiger charge is 2.06. The van der Waals surface area contributed by atoms with Crippen molar-refractivity contribution >= 4 is 11.5 Å². The summed E-state index contributed by atoms with van der Waals surface area (Å²) in [4.78, 5) is 10.2. The second-order valence-corrected chi connectivity index (χ2v) is 3.99. The molecule has 0 amide bonds. The second kappa shape index (κ2) is 6.27. The Labute approximate surface area is 97.1 Å². The molecule has 0 radical (unpaired) electrons. The van der Waals surface area contributed by atoms with Crippen molar-refractivity contribution in [1.29, 1.82) is 0 Å². The van der Waals surface area contributed by atoms with Gasteiger partial charge in [-0.25, -0.2) is 9.97 Å². The normalized spacial score (nSPS) is 12.8. The minimum Gasteiger partial charge on any atom is -0.394 e.